The van der Waals surface area contributed by atoms with Crippen molar-refractivity contribution in [2.24, 2.45) is 0 Å². The monoisotopic (exact) mass is 928 g/mol. The van der Waals surface area contributed by atoms with Gasteiger partial charge in [0, 0.05) is 44.6 Å². The van der Waals surface area contributed by atoms with Gasteiger partial charge < -0.3 is 14.2 Å². The van der Waals surface area contributed by atoms with E-state index < -0.39 is 0 Å². The third kappa shape index (κ3) is 8.37. The van der Waals surface area contributed by atoms with Crippen molar-refractivity contribution in [1.82, 2.24) is 0 Å². The zero-order chi connectivity index (χ0) is 48.9. The average molecular weight is 929 g/mol. The zero-order valence-corrected chi connectivity index (χ0v) is 41.5. The van der Waals surface area contributed by atoms with Crippen LogP contribution in [0.5, 0.6) is 0 Å². The maximum absolute atomic E-state index is 6.85. The summed E-state index contributed by atoms with van der Waals surface area (Å²) in [4.78, 5) is 4.77. The van der Waals surface area contributed by atoms with Gasteiger partial charge in [-0.3, -0.25) is 0 Å². The van der Waals surface area contributed by atoms with Gasteiger partial charge in [-0.05, 0) is 151 Å². The van der Waals surface area contributed by atoms with Gasteiger partial charge in [0.2, 0.25) is 0 Å². The standard InChI is InChI=1S/C69H56N2O/c1-46(2)47-24-26-50(27-25-47)61-20-12-14-22-65(61)70(57-18-10-7-11-19-57)59-38-32-52-42-63-64-43-53-33-39-60(41-55(53)45-68(64)72-67(63)44-54(52)40-59)71(58-36-30-49(31-37-58)48-16-8-6-9-17-48)66-23-15-13-21-62(66)51-28-34-56(35-29-51)69(3,4)5/h6-46H,1-5H3. The molecule has 0 aliphatic rings. The Labute approximate surface area is 422 Å². The third-order valence-corrected chi connectivity index (χ3v) is 14.4. The van der Waals surface area contributed by atoms with Crippen molar-refractivity contribution in [3.63, 3.8) is 0 Å². The summed E-state index contributed by atoms with van der Waals surface area (Å²) in [5, 5.41) is 6.77. The van der Waals surface area contributed by atoms with Crippen LogP contribution in [0.25, 0.3) is 76.9 Å². The summed E-state index contributed by atoms with van der Waals surface area (Å²) >= 11 is 0. The average Bonchev–Trinajstić information content (AvgIpc) is 3.76. The summed E-state index contributed by atoms with van der Waals surface area (Å²) < 4.78 is 6.85. The van der Waals surface area contributed by atoms with E-state index in [0.717, 1.165) is 77.6 Å². The fraction of sp³-hybridized carbons (Fsp3) is 0.101. The number of para-hydroxylation sites is 3. The summed E-state index contributed by atoms with van der Waals surface area (Å²) in [6.45, 7) is 11.3. The van der Waals surface area contributed by atoms with E-state index in [1.807, 2.05) is 0 Å². The summed E-state index contributed by atoms with van der Waals surface area (Å²) in [7, 11) is 0. The minimum absolute atomic E-state index is 0.0666. The molecule has 0 aliphatic carbocycles. The van der Waals surface area contributed by atoms with Crippen LogP contribution in [-0.2, 0) is 5.41 Å². The molecule has 3 nitrogen and oxygen atoms in total. The van der Waals surface area contributed by atoms with E-state index in [2.05, 4.69) is 287 Å². The van der Waals surface area contributed by atoms with Crippen LogP contribution in [0, 0.1) is 0 Å². The van der Waals surface area contributed by atoms with Crippen LogP contribution < -0.4 is 9.80 Å². The molecule has 0 radical (unpaired) electrons. The molecule has 1 heterocycles. The highest BCUT2D eigenvalue weighted by Gasteiger charge is 2.22. The molecule has 12 rings (SSSR count). The molecule has 0 spiro atoms. The fourth-order valence-corrected chi connectivity index (χ4v) is 10.4. The van der Waals surface area contributed by atoms with Crippen molar-refractivity contribution in [3.05, 3.63) is 254 Å². The van der Waals surface area contributed by atoms with Gasteiger partial charge in [0.15, 0.2) is 0 Å². The highest BCUT2D eigenvalue weighted by Crippen LogP contribution is 2.45. The Kier molecular flexibility index (Phi) is 11.3. The molecule has 0 amide bonds. The number of anilines is 6. The van der Waals surface area contributed by atoms with Crippen molar-refractivity contribution >= 4 is 77.6 Å². The fourth-order valence-electron chi connectivity index (χ4n) is 10.4. The zero-order valence-electron chi connectivity index (χ0n) is 41.5. The van der Waals surface area contributed by atoms with Crippen LogP contribution >= 0.6 is 0 Å². The Morgan fingerprint density at radius 1 is 0.347 bits per heavy atom. The second kappa shape index (κ2) is 18.3. The first-order valence-electron chi connectivity index (χ1n) is 25.2. The Morgan fingerprint density at radius 3 is 1.26 bits per heavy atom. The lowest BCUT2D eigenvalue weighted by Gasteiger charge is -2.28. The largest absolute Gasteiger partial charge is 0.456 e. The third-order valence-electron chi connectivity index (χ3n) is 14.4. The normalized spacial score (nSPS) is 11.8. The predicted molar refractivity (Wildman–Crippen MR) is 307 cm³/mol. The molecular formula is C69H56N2O. The van der Waals surface area contributed by atoms with Crippen molar-refractivity contribution in [2.45, 2.75) is 46.0 Å². The predicted octanol–water partition coefficient (Wildman–Crippen LogP) is 20.3. The first-order valence-corrected chi connectivity index (χ1v) is 25.2. The van der Waals surface area contributed by atoms with Crippen LogP contribution in [0.4, 0.5) is 34.1 Å². The van der Waals surface area contributed by atoms with Crippen molar-refractivity contribution in [2.75, 3.05) is 9.80 Å². The lowest BCUT2D eigenvalue weighted by Crippen LogP contribution is -2.12. The van der Waals surface area contributed by atoms with Gasteiger partial charge in [-0.15, -0.1) is 0 Å². The molecule has 0 unspecified atom stereocenters. The number of nitrogens with zero attached hydrogens (tertiary/aromatic N) is 2. The van der Waals surface area contributed by atoms with Gasteiger partial charge >= 0.3 is 0 Å². The van der Waals surface area contributed by atoms with E-state index >= 15 is 0 Å². The van der Waals surface area contributed by atoms with Gasteiger partial charge in [-0.2, -0.15) is 0 Å². The van der Waals surface area contributed by atoms with Crippen molar-refractivity contribution in [3.8, 4) is 33.4 Å². The molecule has 11 aromatic carbocycles. The van der Waals surface area contributed by atoms with Crippen molar-refractivity contribution < 1.29 is 4.42 Å². The maximum Gasteiger partial charge on any atom is 0.136 e. The molecule has 0 saturated carbocycles. The number of furan rings is 1. The number of fused-ring (bicyclic) bond motifs is 5. The minimum atomic E-state index is 0.0666. The van der Waals surface area contributed by atoms with Crippen LogP contribution in [0.2, 0.25) is 0 Å². The molecule has 72 heavy (non-hydrogen) atoms. The Morgan fingerprint density at radius 2 is 0.764 bits per heavy atom. The van der Waals surface area contributed by atoms with E-state index in [9.17, 15) is 0 Å². The number of rotatable bonds is 10. The molecule has 0 fully saturated rings. The van der Waals surface area contributed by atoms with Crippen LogP contribution in [0.3, 0.4) is 0 Å². The van der Waals surface area contributed by atoms with Gasteiger partial charge in [-0.25, -0.2) is 0 Å². The molecular weight excluding hydrogens is 873 g/mol. The smallest absolute Gasteiger partial charge is 0.136 e. The van der Waals surface area contributed by atoms with Gasteiger partial charge in [0.05, 0.1) is 11.4 Å². The number of hydrogen-bond donors (Lipinski definition) is 0. The number of benzene rings is 11. The molecule has 0 N–H and O–H groups in total. The highest BCUT2D eigenvalue weighted by molar-refractivity contribution is 6.14. The summed E-state index contributed by atoms with van der Waals surface area (Å²) in [5.41, 5.74) is 18.1. The summed E-state index contributed by atoms with van der Waals surface area (Å²) in [6.07, 6.45) is 0. The molecule has 12 aromatic rings. The second-order valence-corrected chi connectivity index (χ2v) is 20.4. The Bertz CT molecular complexity index is 3900. The maximum atomic E-state index is 6.85. The van der Waals surface area contributed by atoms with E-state index in [1.165, 1.54) is 44.5 Å². The Balaban J connectivity index is 0.952. The topological polar surface area (TPSA) is 19.6 Å². The lowest BCUT2D eigenvalue weighted by atomic mass is 9.86. The molecule has 0 aliphatic heterocycles. The summed E-state index contributed by atoms with van der Waals surface area (Å²) in [6, 6.07) is 88.5. The van der Waals surface area contributed by atoms with Crippen LogP contribution in [0.1, 0.15) is 51.7 Å². The minimum Gasteiger partial charge on any atom is -0.456 e. The summed E-state index contributed by atoms with van der Waals surface area (Å²) in [5.74, 6) is 0.473. The molecule has 0 atom stereocenters. The van der Waals surface area contributed by atoms with E-state index in [1.54, 1.807) is 0 Å². The van der Waals surface area contributed by atoms with Crippen LogP contribution in [-0.4, -0.2) is 0 Å². The van der Waals surface area contributed by atoms with E-state index in [4.69, 9.17) is 4.42 Å². The van der Waals surface area contributed by atoms with Crippen molar-refractivity contribution in [1.29, 1.82) is 0 Å². The van der Waals surface area contributed by atoms with E-state index in [-0.39, 0.29) is 5.41 Å². The van der Waals surface area contributed by atoms with Gasteiger partial charge in [0.1, 0.15) is 11.2 Å². The van der Waals surface area contributed by atoms with Gasteiger partial charge in [-0.1, -0.05) is 192 Å². The molecule has 1 aromatic heterocycles. The second-order valence-electron chi connectivity index (χ2n) is 20.4. The lowest BCUT2D eigenvalue weighted by molar-refractivity contribution is 0.590. The molecule has 3 heteroatoms. The molecule has 0 saturated heterocycles. The SMILES string of the molecule is CC(C)c1ccc(-c2ccccc2N(c2ccccc2)c2ccc3cc4c(cc3c2)oc2cc3cc(N(c5ccc(-c6ccccc6)cc5)c5ccccc5-c5ccc(C(C)(C)C)cc5)ccc3cc24)cc1. The molecule has 348 valence electrons. The van der Waals surface area contributed by atoms with Crippen LogP contribution in [0.15, 0.2) is 247 Å². The highest BCUT2D eigenvalue weighted by atomic mass is 16.3. The number of hydrogen-bond acceptors (Lipinski definition) is 3. The first-order chi connectivity index (χ1) is 35.1. The van der Waals surface area contributed by atoms with E-state index in [0.29, 0.717) is 5.92 Å². The quantitative estimate of drug-likeness (QED) is 0.136. The Hall–Kier alpha value is -8.66. The first kappa shape index (κ1) is 44.5. The van der Waals surface area contributed by atoms with Gasteiger partial charge in [0.25, 0.3) is 0 Å². The molecule has 0 bridgehead atoms.